The minimum Gasteiger partial charge on any atom is -0.496 e. The highest BCUT2D eigenvalue weighted by molar-refractivity contribution is 6.14. The van der Waals surface area contributed by atoms with Crippen molar-refractivity contribution in [3.8, 4) is 5.75 Å². The number of benzene rings is 2. The molecule has 2 aromatic rings. The summed E-state index contributed by atoms with van der Waals surface area (Å²) in [7, 11) is 1.55. The summed E-state index contributed by atoms with van der Waals surface area (Å²) in [6, 6.07) is 14.1. The molecule has 0 atom stereocenters. The van der Waals surface area contributed by atoms with E-state index in [4.69, 9.17) is 4.74 Å². The van der Waals surface area contributed by atoms with Gasteiger partial charge in [-0.05, 0) is 55.1 Å². The fourth-order valence-corrected chi connectivity index (χ4v) is 4.26. The van der Waals surface area contributed by atoms with E-state index in [1.54, 1.807) is 13.2 Å². The molecule has 0 N–H and O–H groups in total. The van der Waals surface area contributed by atoms with E-state index in [1.165, 1.54) is 5.56 Å². The van der Waals surface area contributed by atoms with E-state index in [0.717, 1.165) is 49.9 Å². The number of fused-ring (bicyclic) bond motifs is 1. The van der Waals surface area contributed by atoms with Gasteiger partial charge in [0, 0.05) is 24.1 Å². The molecule has 1 heterocycles. The largest absolute Gasteiger partial charge is 0.496 e. The number of allylic oxidation sites excluding steroid dienone is 2. The Balaban J connectivity index is 1.41. The predicted octanol–water partition coefficient (Wildman–Crippen LogP) is 4.09. The van der Waals surface area contributed by atoms with Crippen LogP contribution in [0.15, 0.2) is 54.1 Å². The average molecular weight is 375 g/mol. The first-order valence-corrected chi connectivity index (χ1v) is 9.85. The summed E-state index contributed by atoms with van der Waals surface area (Å²) in [4.78, 5) is 26.5. The van der Waals surface area contributed by atoms with Crippen LogP contribution in [0.2, 0.25) is 0 Å². The topological polar surface area (TPSA) is 46.6 Å². The van der Waals surface area contributed by atoms with E-state index in [9.17, 15) is 9.59 Å². The number of Topliss-reactive ketones (excluding diaryl/α,β-unsaturated/α-hetero) is 1. The molecule has 0 saturated carbocycles. The monoisotopic (exact) mass is 375 g/mol. The highest BCUT2D eigenvalue weighted by Gasteiger charge is 2.28. The molecule has 0 amide bonds. The first-order chi connectivity index (χ1) is 13.7. The summed E-state index contributed by atoms with van der Waals surface area (Å²) in [6.45, 7) is 3.09. The van der Waals surface area contributed by atoms with Gasteiger partial charge in [0.25, 0.3) is 0 Å². The molecule has 0 bridgehead atoms. The van der Waals surface area contributed by atoms with Crippen molar-refractivity contribution in [2.75, 3.05) is 20.2 Å². The van der Waals surface area contributed by atoms with Crippen LogP contribution in [0.1, 0.15) is 44.7 Å². The summed E-state index contributed by atoms with van der Waals surface area (Å²) in [6.07, 6.45) is 5.70. The quantitative estimate of drug-likeness (QED) is 0.583. The molecule has 0 spiro atoms. The maximum absolute atomic E-state index is 12.8. The van der Waals surface area contributed by atoms with Crippen molar-refractivity contribution < 1.29 is 14.3 Å². The molecular formula is C24H25NO3. The number of hydrogen-bond acceptors (Lipinski definition) is 4. The zero-order chi connectivity index (χ0) is 19.5. The van der Waals surface area contributed by atoms with E-state index in [2.05, 4.69) is 35.2 Å². The molecule has 2 aromatic carbocycles. The number of ketones is 1. The molecule has 0 radical (unpaired) electrons. The minimum atomic E-state index is 0.0625. The third kappa shape index (κ3) is 3.78. The molecule has 1 saturated heterocycles. The first-order valence-electron chi connectivity index (χ1n) is 9.85. The number of carbonyl (C=O) groups excluding carboxylic acids is 2. The lowest BCUT2D eigenvalue weighted by molar-refractivity contribution is 0.103. The van der Waals surface area contributed by atoms with Crippen LogP contribution < -0.4 is 4.74 Å². The molecule has 4 nitrogen and oxygen atoms in total. The number of hydrogen-bond donors (Lipinski definition) is 0. The number of piperidine rings is 1. The smallest absolute Gasteiger partial charge is 0.189 e. The number of nitrogens with zero attached hydrogens (tertiary/aromatic N) is 1. The van der Waals surface area contributed by atoms with Gasteiger partial charge >= 0.3 is 0 Å². The van der Waals surface area contributed by atoms with Gasteiger partial charge in [-0.2, -0.15) is 0 Å². The van der Waals surface area contributed by atoms with Crippen LogP contribution in [0.4, 0.5) is 0 Å². The molecule has 1 aliphatic heterocycles. The van der Waals surface area contributed by atoms with Gasteiger partial charge in [-0.3, -0.25) is 14.5 Å². The highest BCUT2D eigenvalue weighted by Crippen LogP contribution is 2.33. The second-order valence-corrected chi connectivity index (χ2v) is 7.67. The van der Waals surface area contributed by atoms with E-state index in [1.807, 2.05) is 12.1 Å². The van der Waals surface area contributed by atoms with Gasteiger partial charge in [-0.15, -0.1) is 0 Å². The summed E-state index contributed by atoms with van der Waals surface area (Å²) < 4.78 is 5.28. The Labute approximate surface area is 165 Å². The van der Waals surface area contributed by atoms with Crippen LogP contribution in [0, 0.1) is 5.92 Å². The van der Waals surface area contributed by atoms with Crippen molar-refractivity contribution in [2.45, 2.75) is 25.8 Å². The van der Waals surface area contributed by atoms with E-state index in [0.29, 0.717) is 29.2 Å². The highest BCUT2D eigenvalue weighted by atomic mass is 16.5. The molecule has 1 aliphatic carbocycles. The lowest BCUT2D eigenvalue weighted by atomic mass is 9.93. The fourth-order valence-electron chi connectivity index (χ4n) is 4.26. The van der Waals surface area contributed by atoms with Crippen LogP contribution in [0.25, 0.3) is 0 Å². The number of carbonyl (C=O) groups is 2. The normalized spacial score (nSPS) is 19.0. The maximum Gasteiger partial charge on any atom is 0.189 e. The second-order valence-electron chi connectivity index (χ2n) is 7.67. The Morgan fingerprint density at radius 3 is 2.57 bits per heavy atom. The lowest BCUT2D eigenvalue weighted by Crippen LogP contribution is -2.32. The Hall–Kier alpha value is -2.72. The van der Waals surface area contributed by atoms with E-state index < -0.39 is 0 Å². The maximum atomic E-state index is 12.8. The molecule has 0 aromatic heterocycles. The Morgan fingerprint density at radius 2 is 1.89 bits per heavy atom. The summed E-state index contributed by atoms with van der Waals surface area (Å²) >= 11 is 0. The van der Waals surface area contributed by atoms with Crippen molar-refractivity contribution in [3.05, 3.63) is 76.4 Å². The van der Waals surface area contributed by atoms with Gasteiger partial charge in [-0.1, -0.05) is 36.4 Å². The van der Waals surface area contributed by atoms with Crippen molar-refractivity contribution in [2.24, 2.45) is 5.92 Å². The zero-order valence-electron chi connectivity index (χ0n) is 16.2. The van der Waals surface area contributed by atoms with Crippen LogP contribution in [-0.2, 0) is 13.0 Å². The van der Waals surface area contributed by atoms with Gasteiger partial charge < -0.3 is 4.74 Å². The van der Waals surface area contributed by atoms with E-state index >= 15 is 0 Å². The van der Waals surface area contributed by atoms with Gasteiger partial charge in [-0.25, -0.2) is 0 Å². The molecule has 144 valence electrons. The molecule has 0 unspecified atom stereocenters. The summed E-state index contributed by atoms with van der Waals surface area (Å²) in [5.41, 5.74) is 4.25. The third-order valence-electron chi connectivity index (χ3n) is 5.82. The van der Waals surface area contributed by atoms with Crippen molar-refractivity contribution in [3.63, 3.8) is 0 Å². The minimum absolute atomic E-state index is 0.0625. The Kier molecular flexibility index (Phi) is 5.40. The zero-order valence-corrected chi connectivity index (χ0v) is 16.2. The molecule has 2 aliphatic rings. The molecular weight excluding hydrogens is 350 g/mol. The van der Waals surface area contributed by atoms with Crippen molar-refractivity contribution in [1.82, 2.24) is 4.90 Å². The number of methoxy groups -OCH3 is 1. The van der Waals surface area contributed by atoms with Gasteiger partial charge in [0.1, 0.15) is 5.75 Å². The molecule has 28 heavy (non-hydrogen) atoms. The average Bonchev–Trinajstić information content (AvgIpc) is 3.03. The predicted molar refractivity (Wildman–Crippen MR) is 109 cm³/mol. The van der Waals surface area contributed by atoms with E-state index in [-0.39, 0.29) is 5.78 Å². The molecule has 4 rings (SSSR count). The van der Waals surface area contributed by atoms with Gasteiger partial charge in [0.15, 0.2) is 12.1 Å². The third-order valence-corrected chi connectivity index (χ3v) is 5.82. The molecule has 4 heteroatoms. The summed E-state index contributed by atoms with van der Waals surface area (Å²) in [5.74, 6) is 1.04. The second kappa shape index (κ2) is 8.11. The van der Waals surface area contributed by atoms with Crippen LogP contribution in [0.5, 0.6) is 5.75 Å². The SMILES string of the molecule is COc1cc2c(cc1C=O)C(=O)C(=CC1CCN(Cc3ccccc3)CC1)C2. The first kappa shape index (κ1) is 18.6. The number of aldehydes is 1. The van der Waals surface area contributed by atoms with Crippen LogP contribution in [0.3, 0.4) is 0 Å². The number of likely N-dealkylation sites (tertiary alicyclic amines) is 1. The Morgan fingerprint density at radius 1 is 1.14 bits per heavy atom. The lowest BCUT2D eigenvalue weighted by Gasteiger charge is -2.30. The van der Waals surface area contributed by atoms with Crippen LogP contribution >= 0.6 is 0 Å². The molecule has 1 fully saturated rings. The summed E-state index contributed by atoms with van der Waals surface area (Å²) in [5, 5.41) is 0. The number of rotatable bonds is 5. The van der Waals surface area contributed by atoms with Gasteiger partial charge in [0.2, 0.25) is 0 Å². The fraction of sp³-hybridized carbons (Fsp3) is 0.333. The van der Waals surface area contributed by atoms with Crippen molar-refractivity contribution in [1.29, 1.82) is 0 Å². The Bertz CT molecular complexity index is 909. The number of ether oxygens (including phenoxy) is 1. The van der Waals surface area contributed by atoms with Crippen molar-refractivity contribution >= 4 is 12.1 Å². The van der Waals surface area contributed by atoms with Gasteiger partial charge in [0.05, 0.1) is 12.7 Å². The standard InChI is InChI=1S/C24H25NO3/c1-28-23-14-19-12-20(24(27)22(19)13-21(23)16-26)11-17-7-9-25(10-8-17)15-18-5-3-2-4-6-18/h2-6,11,13-14,16-17H,7-10,12,15H2,1H3. The van der Waals surface area contributed by atoms with Crippen LogP contribution in [-0.4, -0.2) is 37.2 Å².